The number of aromatic nitrogens is 4. The summed E-state index contributed by atoms with van der Waals surface area (Å²) >= 11 is 0. The highest BCUT2D eigenvalue weighted by molar-refractivity contribution is 5.67. The number of aryl methyl sites for hydroxylation is 2. The third-order valence-electron chi connectivity index (χ3n) is 5.98. The summed E-state index contributed by atoms with van der Waals surface area (Å²) in [7, 11) is 0. The van der Waals surface area contributed by atoms with Gasteiger partial charge in [-0.1, -0.05) is 25.7 Å². The summed E-state index contributed by atoms with van der Waals surface area (Å²) < 4.78 is 15.0. The van der Waals surface area contributed by atoms with Gasteiger partial charge in [-0.05, 0) is 12.8 Å². The fourth-order valence-corrected chi connectivity index (χ4v) is 4.27. The number of imidazole rings is 2. The highest BCUT2D eigenvalue weighted by Crippen LogP contribution is 2.28. The molecule has 1 unspecified atom stereocenters. The number of carbonyl (C=O) groups excluding carboxylic acids is 2. The quantitative estimate of drug-likeness (QED) is 0.513. The molecule has 4 heterocycles. The zero-order valence-corrected chi connectivity index (χ0v) is 18.4. The molecule has 4 rings (SSSR count). The molecule has 0 bridgehead atoms. The van der Waals surface area contributed by atoms with Crippen molar-refractivity contribution in [2.45, 2.75) is 76.7 Å². The van der Waals surface area contributed by atoms with Crippen LogP contribution in [0.15, 0.2) is 24.8 Å². The summed E-state index contributed by atoms with van der Waals surface area (Å²) in [5.74, 6) is 1.65. The van der Waals surface area contributed by atoms with Gasteiger partial charge in [-0.2, -0.15) is 0 Å². The first-order valence-electron chi connectivity index (χ1n) is 11.6. The van der Waals surface area contributed by atoms with E-state index in [2.05, 4.69) is 20.6 Å². The molecule has 0 fully saturated rings. The van der Waals surface area contributed by atoms with Gasteiger partial charge < -0.3 is 29.2 Å². The van der Waals surface area contributed by atoms with Gasteiger partial charge in [-0.3, -0.25) is 0 Å². The van der Waals surface area contributed by atoms with Crippen molar-refractivity contribution >= 4 is 12.2 Å². The molecule has 2 aromatic rings. The predicted molar refractivity (Wildman–Crippen MR) is 116 cm³/mol. The van der Waals surface area contributed by atoms with E-state index in [0.717, 1.165) is 76.1 Å². The Balaban J connectivity index is 0.951. The zero-order valence-electron chi connectivity index (χ0n) is 18.4. The third kappa shape index (κ3) is 5.80. The second-order valence-corrected chi connectivity index (χ2v) is 8.30. The molecule has 0 aromatic carbocycles. The van der Waals surface area contributed by atoms with Crippen molar-refractivity contribution in [1.82, 2.24) is 29.7 Å². The second-order valence-electron chi connectivity index (χ2n) is 8.30. The van der Waals surface area contributed by atoms with Gasteiger partial charge in [0.1, 0.15) is 11.6 Å². The molecule has 0 aliphatic carbocycles. The van der Waals surface area contributed by atoms with Crippen LogP contribution in [0.2, 0.25) is 0 Å². The lowest BCUT2D eigenvalue weighted by Crippen LogP contribution is -2.26. The van der Waals surface area contributed by atoms with Gasteiger partial charge in [0.25, 0.3) is 0 Å². The molecule has 0 saturated carbocycles. The van der Waals surface area contributed by atoms with E-state index in [1.54, 1.807) is 12.4 Å². The van der Waals surface area contributed by atoms with Crippen LogP contribution in [-0.4, -0.2) is 44.4 Å². The maximum atomic E-state index is 11.9. The normalized spacial score (nSPS) is 18.8. The SMILES string of the molecule is O=C(NCCCCCCCCNC(=O)O[C@@H]1CCn2ccnc21)OC1CCn2ccnc21. The van der Waals surface area contributed by atoms with Crippen molar-refractivity contribution in [2.24, 2.45) is 0 Å². The second kappa shape index (κ2) is 11.0. The van der Waals surface area contributed by atoms with E-state index >= 15 is 0 Å². The summed E-state index contributed by atoms with van der Waals surface area (Å²) in [6.07, 6.45) is 13.8. The smallest absolute Gasteiger partial charge is 0.407 e. The van der Waals surface area contributed by atoms with Crippen LogP contribution in [0.1, 0.15) is 75.2 Å². The van der Waals surface area contributed by atoms with Crippen molar-refractivity contribution in [3.8, 4) is 0 Å². The Kier molecular flexibility index (Phi) is 7.63. The molecule has 0 saturated heterocycles. The Labute approximate surface area is 187 Å². The van der Waals surface area contributed by atoms with Gasteiger partial charge in [-0.25, -0.2) is 19.6 Å². The number of amides is 2. The molecule has 0 radical (unpaired) electrons. The van der Waals surface area contributed by atoms with E-state index < -0.39 is 0 Å². The number of alkyl carbamates (subject to hydrolysis) is 2. The lowest BCUT2D eigenvalue weighted by atomic mass is 10.1. The van der Waals surface area contributed by atoms with Gasteiger partial charge in [0.15, 0.2) is 12.2 Å². The van der Waals surface area contributed by atoms with E-state index in [1.165, 1.54) is 0 Å². The standard InChI is InChI=1S/C22H32N6O4/c29-21(31-17-7-13-27-15-11-23-19(17)27)25-9-5-3-1-2-4-6-10-26-22(30)32-18-8-14-28-16-12-24-20(18)28/h11-12,15-18H,1-10,13-14H2,(H,25,29)(H,26,30)/t17-,18?/m1/s1. The van der Waals surface area contributed by atoms with Crippen LogP contribution < -0.4 is 10.6 Å². The summed E-state index contributed by atoms with van der Waals surface area (Å²) in [4.78, 5) is 32.3. The van der Waals surface area contributed by atoms with Crippen LogP contribution in [0.4, 0.5) is 9.59 Å². The van der Waals surface area contributed by atoms with Crippen LogP contribution in [-0.2, 0) is 22.6 Å². The molecule has 2 aliphatic heterocycles. The molecular weight excluding hydrogens is 412 g/mol. The first kappa shape index (κ1) is 22.2. The Hall–Kier alpha value is -3.04. The number of nitrogens with zero attached hydrogens (tertiary/aromatic N) is 4. The molecule has 2 amide bonds. The molecule has 2 aliphatic rings. The van der Waals surface area contributed by atoms with Crippen molar-refractivity contribution in [3.05, 3.63) is 36.4 Å². The lowest BCUT2D eigenvalue weighted by Gasteiger charge is -2.12. The number of fused-ring (bicyclic) bond motifs is 2. The Morgan fingerprint density at radius 1 is 0.781 bits per heavy atom. The fraction of sp³-hybridized carbons (Fsp3) is 0.636. The highest BCUT2D eigenvalue weighted by Gasteiger charge is 2.27. The van der Waals surface area contributed by atoms with E-state index in [4.69, 9.17) is 9.47 Å². The summed E-state index contributed by atoms with van der Waals surface area (Å²) in [6, 6.07) is 0. The number of unbranched alkanes of at least 4 members (excludes halogenated alkanes) is 5. The molecule has 2 N–H and O–H groups in total. The maximum absolute atomic E-state index is 11.9. The number of carbonyl (C=O) groups is 2. The molecule has 32 heavy (non-hydrogen) atoms. The first-order chi connectivity index (χ1) is 15.7. The van der Waals surface area contributed by atoms with Crippen LogP contribution in [0.3, 0.4) is 0 Å². The van der Waals surface area contributed by atoms with Crippen LogP contribution in [0, 0.1) is 0 Å². The van der Waals surface area contributed by atoms with E-state index in [1.807, 2.05) is 21.5 Å². The monoisotopic (exact) mass is 444 g/mol. The topological polar surface area (TPSA) is 112 Å². The van der Waals surface area contributed by atoms with E-state index in [-0.39, 0.29) is 24.4 Å². The molecule has 174 valence electrons. The van der Waals surface area contributed by atoms with Gasteiger partial charge in [0.05, 0.1) is 0 Å². The average molecular weight is 445 g/mol. The number of nitrogens with one attached hydrogen (secondary N) is 2. The summed E-state index contributed by atoms with van der Waals surface area (Å²) in [5, 5.41) is 5.65. The Bertz CT molecular complexity index is 822. The largest absolute Gasteiger partial charge is 0.438 e. The fourth-order valence-electron chi connectivity index (χ4n) is 4.27. The maximum Gasteiger partial charge on any atom is 0.407 e. The van der Waals surface area contributed by atoms with Gasteiger partial charge >= 0.3 is 12.2 Å². The Morgan fingerprint density at radius 3 is 1.69 bits per heavy atom. The van der Waals surface area contributed by atoms with Crippen molar-refractivity contribution < 1.29 is 19.1 Å². The number of hydrogen-bond acceptors (Lipinski definition) is 6. The van der Waals surface area contributed by atoms with Gasteiger partial charge in [0, 0.05) is 63.8 Å². The molecular formula is C22H32N6O4. The number of hydrogen-bond donors (Lipinski definition) is 2. The van der Waals surface area contributed by atoms with Crippen molar-refractivity contribution in [1.29, 1.82) is 0 Å². The number of rotatable bonds is 11. The summed E-state index contributed by atoms with van der Waals surface area (Å²) in [5.41, 5.74) is 0. The van der Waals surface area contributed by atoms with Crippen molar-refractivity contribution in [3.63, 3.8) is 0 Å². The Morgan fingerprint density at radius 2 is 1.22 bits per heavy atom. The minimum Gasteiger partial charge on any atom is -0.438 e. The predicted octanol–water partition coefficient (Wildman–Crippen LogP) is 3.46. The molecule has 0 spiro atoms. The minimum absolute atomic E-state index is 0.239. The van der Waals surface area contributed by atoms with E-state index in [0.29, 0.717) is 13.1 Å². The molecule has 10 heteroatoms. The minimum atomic E-state index is -0.369. The van der Waals surface area contributed by atoms with E-state index in [9.17, 15) is 9.59 Å². The summed E-state index contributed by atoms with van der Waals surface area (Å²) in [6.45, 7) is 2.92. The van der Waals surface area contributed by atoms with Gasteiger partial charge in [0.2, 0.25) is 0 Å². The zero-order chi connectivity index (χ0) is 22.2. The molecule has 10 nitrogen and oxygen atoms in total. The van der Waals surface area contributed by atoms with Crippen LogP contribution in [0.25, 0.3) is 0 Å². The van der Waals surface area contributed by atoms with Crippen LogP contribution in [0.5, 0.6) is 0 Å². The third-order valence-corrected chi connectivity index (χ3v) is 5.98. The number of ether oxygens (including phenoxy) is 2. The molecule has 2 aromatic heterocycles. The first-order valence-corrected chi connectivity index (χ1v) is 11.6. The average Bonchev–Trinajstić information content (AvgIpc) is 3.54. The lowest BCUT2D eigenvalue weighted by molar-refractivity contribution is 0.0953. The van der Waals surface area contributed by atoms with Crippen LogP contribution >= 0.6 is 0 Å². The molecule has 2 atom stereocenters. The van der Waals surface area contributed by atoms with Gasteiger partial charge in [-0.15, -0.1) is 0 Å². The van der Waals surface area contributed by atoms with Crippen molar-refractivity contribution in [2.75, 3.05) is 13.1 Å². The highest BCUT2D eigenvalue weighted by atomic mass is 16.6.